The van der Waals surface area contributed by atoms with Gasteiger partial charge in [0.1, 0.15) is 11.9 Å². The van der Waals surface area contributed by atoms with Crippen LogP contribution in [0.2, 0.25) is 0 Å². The van der Waals surface area contributed by atoms with E-state index >= 15 is 0 Å². The minimum Gasteiger partial charge on any atom is -0.461 e. The Kier molecular flexibility index (Phi) is 3.20. The van der Waals surface area contributed by atoms with Crippen LogP contribution < -0.4 is 0 Å². The van der Waals surface area contributed by atoms with Crippen LogP contribution in [0.3, 0.4) is 0 Å². The molecule has 5 heteroatoms. The molecule has 0 radical (unpaired) electrons. The lowest BCUT2D eigenvalue weighted by Crippen LogP contribution is -2.39. The molecule has 6 aliphatic rings. The number of methoxy groups -OCH3 is 1. The van der Waals surface area contributed by atoms with Crippen LogP contribution in [0.4, 0.5) is 0 Å². The van der Waals surface area contributed by atoms with E-state index in [-0.39, 0.29) is 23.9 Å². The van der Waals surface area contributed by atoms with Crippen LogP contribution >= 0.6 is 11.8 Å². The van der Waals surface area contributed by atoms with Crippen molar-refractivity contribution >= 4 is 23.5 Å². The fraction of sp³-hybridized carbons (Fsp3) is 0.889. The average molecular weight is 336 g/mol. The summed E-state index contributed by atoms with van der Waals surface area (Å²) in [6, 6.07) is 0. The number of esters is 1. The van der Waals surface area contributed by atoms with Crippen molar-refractivity contribution in [3.63, 3.8) is 0 Å². The number of Topliss-reactive ketones (excluding diaryl/α,β-unsaturated/α-hetero) is 1. The molecule has 23 heavy (non-hydrogen) atoms. The maximum atomic E-state index is 12.7. The molecule has 4 nitrogen and oxygen atoms in total. The van der Waals surface area contributed by atoms with Crippen molar-refractivity contribution in [3.05, 3.63) is 0 Å². The van der Waals surface area contributed by atoms with Crippen molar-refractivity contribution in [3.8, 4) is 0 Å². The number of ketones is 1. The summed E-state index contributed by atoms with van der Waals surface area (Å²) in [6.07, 6.45) is 4.50. The summed E-state index contributed by atoms with van der Waals surface area (Å²) in [5.74, 6) is 2.49. The van der Waals surface area contributed by atoms with Crippen LogP contribution in [0.15, 0.2) is 0 Å². The third-order valence-corrected chi connectivity index (χ3v) is 9.26. The van der Waals surface area contributed by atoms with E-state index in [1.165, 1.54) is 6.42 Å². The fourth-order valence-corrected chi connectivity index (χ4v) is 8.66. The Labute approximate surface area is 141 Å². The normalized spacial score (nSPS) is 55.0. The third-order valence-electron chi connectivity index (χ3n) is 7.40. The van der Waals surface area contributed by atoms with E-state index < -0.39 is 0 Å². The van der Waals surface area contributed by atoms with Crippen LogP contribution in [0.5, 0.6) is 0 Å². The fourth-order valence-electron chi connectivity index (χ4n) is 6.48. The Hall–Kier alpha value is -0.550. The lowest BCUT2D eigenvalue weighted by Gasteiger charge is -2.29. The van der Waals surface area contributed by atoms with Gasteiger partial charge in [-0.3, -0.25) is 9.59 Å². The zero-order valence-electron chi connectivity index (χ0n) is 13.6. The summed E-state index contributed by atoms with van der Waals surface area (Å²) in [5, 5.41) is 0.998. The first-order chi connectivity index (χ1) is 11.1. The molecule has 10 atom stereocenters. The second kappa shape index (κ2) is 4.98. The summed E-state index contributed by atoms with van der Waals surface area (Å²) < 4.78 is 11.7. The first kappa shape index (κ1) is 14.8. The Bertz CT molecular complexity index is 545. The summed E-state index contributed by atoms with van der Waals surface area (Å²) in [6.45, 7) is 1.70. The second-order valence-electron chi connectivity index (χ2n) is 8.28. The zero-order chi connectivity index (χ0) is 15.9. The summed E-state index contributed by atoms with van der Waals surface area (Å²) in [7, 11) is 1.81. The van der Waals surface area contributed by atoms with Gasteiger partial charge in [0.15, 0.2) is 0 Å². The van der Waals surface area contributed by atoms with Gasteiger partial charge in [-0.1, -0.05) is 0 Å². The van der Waals surface area contributed by atoms with Crippen molar-refractivity contribution in [2.75, 3.05) is 7.11 Å². The number of fused-ring (bicyclic) bond motifs is 2. The molecule has 6 bridgehead atoms. The van der Waals surface area contributed by atoms with Crippen LogP contribution in [-0.2, 0) is 19.1 Å². The molecule has 4 saturated carbocycles. The standard InChI is InChI=1S/C18H24O4S/c1-7(19)10-4-9-3-8(10)5-11(9)18(20)22-15-13-6-12-14(21-2)16(13)23-17(12)15/h8-17H,3-6H2,1-2H3/t8?,9?,10?,11?,12-,13-,14?,15?,16?,17?/m1/s1. The van der Waals surface area contributed by atoms with Gasteiger partial charge in [-0.25, -0.2) is 0 Å². The Morgan fingerprint density at radius 1 is 0.913 bits per heavy atom. The van der Waals surface area contributed by atoms with Gasteiger partial charge in [0.2, 0.25) is 0 Å². The summed E-state index contributed by atoms with van der Waals surface area (Å²) in [5.41, 5.74) is 0. The maximum Gasteiger partial charge on any atom is 0.309 e. The van der Waals surface area contributed by atoms with Crippen molar-refractivity contribution in [2.45, 2.75) is 55.3 Å². The van der Waals surface area contributed by atoms with E-state index in [9.17, 15) is 9.59 Å². The number of ether oxygens (including phenoxy) is 2. The van der Waals surface area contributed by atoms with Gasteiger partial charge in [0.25, 0.3) is 0 Å². The minimum absolute atomic E-state index is 0.0252. The van der Waals surface area contributed by atoms with Gasteiger partial charge in [-0.15, -0.1) is 11.8 Å². The smallest absolute Gasteiger partial charge is 0.309 e. The average Bonchev–Trinajstić information content (AvgIpc) is 3.32. The van der Waals surface area contributed by atoms with Gasteiger partial charge < -0.3 is 9.47 Å². The molecule has 0 N–H and O–H groups in total. The minimum atomic E-state index is 0.0252. The monoisotopic (exact) mass is 336 g/mol. The van der Waals surface area contributed by atoms with Gasteiger partial charge >= 0.3 is 5.97 Å². The Morgan fingerprint density at radius 2 is 1.57 bits per heavy atom. The predicted molar refractivity (Wildman–Crippen MR) is 85.9 cm³/mol. The Morgan fingerprint density at radius 3 is 2.09 bits per heavy atom. The van der Waals surface area contributed by atoms with Gasteiger partial charge in [-0.2, -0.15) is 0 Å². The first-order valence-electron chi connectivity index (χ1n) is 8.97. The zero-order valence-corrected chi connectivity index (χ0v) is 14.5. The molecule has 2 saturated heterocycles. The molecule has 8 unspecified atom stereocenters. The van der Waals surface area contributed by atoms with Crippen LogP contribution in [-0.4, -0.2) is 41.6 Å². The van der Waals surface area contributed by atoms with Crippen LogP contribution in [0.25, 0.3) is 0 Å². The molecule has 6 rings (SSSR count). The SMILES string of the molecule is COC1C2SC3C(OC(=O)C4CC5CC4CC5C(C)=O)[C@H]2C[C@H]13. The molecule has 4 aliphatic carbocycles. The first-order valence-corrected chi connectivity index (χ1v) is 9.92. The molecule has 6 fully saturated rings. The largest absolute Gasteiger partial charge is 0.461 e. The van der Waals surface area contributed by atoms with Crippen molar-refractivity contribution in [1.29, 1.82) is 0 Å². The highest BCUT2D eigenvalue weighted by Gasteiger charge is 2.68. The van der Waals surface area contributed by atoms with E-state index in [2.05, 4.69) is 0 Å². The highest BCUT2D eigenvalue weighted by molar-refractivity contribution is 8.01. The Balaban J connectivity index is 1.23. The van der Waals surface area contributed by atoms with Crippen molar-refractivity contribution in [1.82, 2.24) is 0 Å². The third kappa shape index (κ3) is 1.89. The number of thioether (sulfide) groups is 1. The number of hydrogen-bond donors (Lipinski definition) is 0. The molecule has 0 aromatic heterocycles. The van der Waals surface area contributed by atoms with E-state index in [1.807, 2.05) is 18.9 Å². The van der Waals surface area contributed by atoms with Gasteiger partial charge in [0.05, 0.1) is 12.0 Å². The lowest BCUT2D eigenvalue weighted by atomic mass is 9.80. The molecule has 0 spiro atoms. The number of rotatable bonds is 4. The summed E-state index contributed by atoms with van der Waals surface area (Å²) >= 11 is 1.99. The number of hydrogen-bond acceptors (Lipinski definition) is 5. The molecule has 126 valence electrons. The van der Waals surface area contributed by atoms with Gasteiger partial charge in [-0.05, 0) is 44.4 Å². The van der Waals surface area contributed by atoms with Crippen molar-refractivity contribution < 1.29 is 19.1 Å². The van der Waals surface area contributed by atoms with Crippen LogP contribution in [0.1, 0.15) is 32.6 Å². The topological polar surface area (TPSA) is 52.6 Å². The summed E-state index contributed by atoms with van der Waals surface area (Å²) in [4.78, 5) is 24.4. The molecular weight excluding hydrogens is 312 g/mol. The van der Waals surface area contributed by atoms with E-state index in [1.54, 1.807) is 6.92 Å². The molecule has 0 aromatic carbocycles. The number of carbonyl (C=O) groups is 2. The van der Waals surface area contributed by atoms with Crippen LogP contribution in [0, 0.1) is 35.5 Å². The molecular formula is C18H24O4S. The number of carbonyl (C=O) groups excluding carboxylic acids is 2. The van der Waals surface area contributed by atoms with E-state index in [4.69, 9.17) is 9.47 Å². The molecule has 0 aromatic rings. The molecule has 0 amide bonds. The van der Waals surface area contributed by atoms with Gasteiger partial charge in [0, 0.05) is 35.4 Å². The quantitative estimate of drug-likeness (QED) is 0.737. The van der Waals surface area contributed by atoms with Crippen molar-refractivity contribution in [2.24, 2.45) is 35.5 Å². The second-order valence-corrected chi connectivity index (χ2v) is 9.64. The molecule has 2 heterocycles. The highest BCUT2D eigenvalue weighted by Crippen LogP contribution is 2.65. The predicted octanol–water partition coefficient (Wildman–Crippen LogP) is 2.30. The van der Waals surface area contributed by atoms with E-state index in [0.29, 0.717) is 46.1 Å². The maximum absolute atomic E-state index is 12.7. The van der Waals surface area contributed by atoms with E-state index in [0.717, 1.165) is 19.3 Å². The lowest BCUT2D eigenvalue weighted by molar-refractivity contribution is -0.158. The molecule has 2 aliphatic heterocycles. The highest BCUT2D eigenvalue weighted by atomic mass is 32.2.